The van der Waals surface area contributed by atoms with Gasteiger partial charge in [0, 0.05) is 56.1 Å². The van der Waals surface area contributed by atoms with Crippen LogP contribution in [0.3, 0.4) is 0 Å². The lowest BCUT2D eigenvalue weighted by atomic mass is 9.71. The van der Waals surface area contributed by atoms with Crippen molar-refractivity contribution in [3.8, 4) is 0 Å². The number of aryl methyl sites for hydroxylation is 1. The third-order valence-corrected chi connectivity index (χ3v) is 8.71. The van der Waals surface area contributed by atoms with Gasteiger partial charge in [0.25, 0.3) is 0 Å². The Morgan fingerprint density at radius 3 is 2.69 bits per heavy atom. The fourth-order valence-corrected chi connectivity index (χ4v) is 7.02. The maximum Gasteiger partial charge on any atom is 0.317 e. The van der Waals surface area contributed by atoms with Gasteiger partial charge >= 0.3 is 6.03 Å². The topological polar surface area (TPSA) is 92.8 Å². The Morgan fingerprint density at radius 2 is 1.89 bits per heavy atom. The van der Waals surface area contributed by atoms with Gasteiger partial charge in [-0.05, 0) is 54.9 Å². The Kier molecular flexibility index (Phi) is 6.22. The highest BCUT2D eigenvalue weighted by atomic mass is 16.3. The molecule has 6 rings (SSSR count). The summed E-state index contributed by atoms with van der Waals surface area (Å²) in [7, 11) is 0. The normalized spacial score (nSPS) is 35.0. The van der Waals surface area contributed by atoms with Crippen LogP contribution in [0.5, 0.6) is 0 Å². The predicted molar refractivity (Wildman–Crippen MR) is 134 cm³/mol. The standard InChI is InChI=1S/C27H36N6O2/c1-17-11-19(7-8-28-17)26-21-12-20-14-33(27(35)29-23(20)13-24(21)30-31-26)25-16-32(9-10-34)15-22(25)18-5-3-2-4-6-18/h2-8,11,20-26,30-31,34H,9-10,12-16H2,1H3,(H,29,35)/t20?,21?,22-,23?,24?,25+,26?/m0/s1. The molecule has 0 spiro atoms. The first-order valence-electron chi connectivity index (χ1n) is 13.0. The summed E-state index contributed by atoms with van der Waals surface area (Å²) >= 11 is 0. The number of carbonyl (C=O) groups is 1. The molecule has 2 amide bonds. The summed E-state index contributed by atoms with van der Waals surface area (Å²) in [6.07, 6.45) is 3.92. The van der Waals surface area contributed by atoms with Crippen LogP contribution in [0, 0.1) is 18.8 Å². The van der Waals surface area contributed by atoms with Crippen molar-refractivity contribution in [1.29, 1.82) is 0 Å². The van der Waals surface area contributed by atoms with Crippen molar-refractivity contribution in [3.05, 3.63) is 65.5 Å². The zero-order valence-corrected chi connectivity index (χ0v) is 20.3. The van der Waals surface area contributed by atoms with E-state index in [2.05, 4.69) is 67.4 Å². The van der Waals surface area contributed by atoms with Crippen LogP contribution < -0.4 is 16.2 Å². The Hall–Kier alpha value is -2.52. The molecular formula is C27H36N6O2. The fraction of sp³-hybridized carbons (Fsp3) is 0.556. The summed E-state index contributed by atoms with van der Waals surface area (Å²) in [6.45, 7) is 5.30. The van der Waals surface area contributed by atoms with E-state index in [0.717, 1.165) is 38.2 Å². The van der Waals surface area contributed by atoms with E-state index in [1.54, 1.807) is 0 Å². The summed E-state index contributed by atoms with van der Waals surface area (Å²) in [4.78, 5) is 22.2. The van der Waals surface area contributed by atoms with Crippen LogP contribution in [0.25, 0.3) is 0 Å². The number of carbonyl (C=O) groups excluding carboxylic acids is 1. The highest BCUT2D eigenvalue weighted by Gasteiger charge is 2.50. The van der Waals surface area contributed by atoms with Crippen LogP contribution in [0.4, 0.5) is 4.79 Å². The van der Waals surface area contributed by atoms with Gasteiger partial charge < -0.3 is 15.3 Å². The zero-order chi connectivity index (χ0) is 23.9. The first-order valence-corrected chi connectivity index (χ1v) is 13.0. The summed E-state index contributed by atoms with van der Waals surface area (Å²) in [5, 5.41) is 12.9. The molecule has 2 aromatic rings. The minimum atomic E-state index is 0.0637. The highest BCUT2D eigenvalue weighted by Crippen LogP contribution is 2.43. The third-order valence-electron chi connectivity index (χ3n) is 8.71. The van der Waals surface area contributed by atoms with Gasteiger partial charge in [-0.25, -0.2) is 10.2 Å². The van der Waals surface area contributed by atoms with Crippen LogP contribution in [-0.4, -0.2) is 76.8 Å². The van der Waals surface area contributed by atoms with Crippen LogP contribution >= 0.6 is 0 Å². The van der Waals surface area contributed by atoms with Crippen molar-refractivity contribution in [2.75, 3.05) is 32.8 Å². The first kappa shape index (κ1) is 22.9. The van der Waals surface area contributed by atoms with E-state index >= 15 is 0 Å². The average Bonchev–Trinajstić information content (AvgIpc) is 3.47. The van der Waals surface area contributed by atoms with Gasteiger partial charge in [-0.15, -0.1) is 0 Å². The summed E-state index contributed by atoms with van der Waals surface area (Å²) in [5.74, 6) is 1.16. The molecule has 1 aromatic carbocycles. The van der Waals surface area contributed by atoms with Gasteiger partial charge in [-0.1, -0.05) is 30.3 Å². The van der Waals surface area contributed by atoms with E-state index in [0.29, 0.717) is 24.4 Å². The molecule has 4 aliphatic rings. The van der Waals surface area contributed by atoms with Gasteiger partial charge in [0.15, 0.2) is 0 Å². The molecule has 1 saturated carbocycles. The lowest BCUT2D eigenvalue weighted by molar-refractivity contribution is 0.0781. The second-order valence-electron chi connectivity index (χ2n) is 10.8. The van der Waals surface area contributed by atoms with Crippen LogP contribution in [-0.2, 0) is 0 Å². The number of aliphatic hydroxyl groups is 1. The largest absolute Gasteiger partial charge is 0.395 e. The molecule has 0 bridgehead atoms. The number of aromatic nitrogens is 1. The minimum Gasteiger partial charge on any atom is -0.395 e. The SMILES string of the molecule is Cc1cc(C2NNC3CC4NC(=O)N([C@@H]5CN(CCO)C[C@H]5c5ccccc5)CC4CC32)ccn1. The number of amides is 2. The Balaban J connectivity index is 1.22. The number of pyridine rings is 1. The molecule has 186 valence electrons. The number of fused-ring (bicyclic) bond motifs is 2. The van der Waals surface area contributed by atoms with Gasteiger partial charge in [-0.3, -0.25) is 15.3 Å². The molecular weight excluding hydrogens is 440 g/mol. The van der Waals surface area contributed by atoms with E-state index in [1.165, 1.54) is 11.1 Å². The summed E-state index contributed by atoms with van der Waals surface area (Å²) < 4.78 is 0. The molecule has 8 heteroatoms. The quantitative estimate of drug-likeness (QED) is 0.526. The molecule has 4 N–H and O–H groups in total. The Morgan fingerprint density at radius 1 is 1.03 bits per heavy atom. The molecule has 0 radical (unpaired) electrons. The van der Waals surface area contributed by atoms with E-state index in [4.69, 9.17) is 0 Å². The van der Waals surface area contributed by atoms with Crippen molar-refractivity contribution >= 4 is 6.03 Å². The monoisotopic (exact) mass is 476 g/mol. The fourth-order valence-electron chi connectivity index (χ4n) is 7.02. The number of nitrogens with one attached hydrogen (secondary N) is 3. The van der Waals surface area contributed by atoms with Crippen molar-refractivity contribution in [2.45, 2.75) is 49.9 Å². The number of benzene rings is 1. The number of nitrogens with zero attached hydrogens (tertiary/aromatic N) is 3. The van der Waals surface area contributed by atoms with Crippen LogP contribution in [0.15, 0.2) is 48.7 Å². The number of hydrogen-bond donors (Lipinski definition) is 4. The predicted octanol–water partition coefficient (Wildman–Crippen LogP) is 1.79. The van der Waals surface area contributed by atoms with Crippen molar-refractivity contribution in [3.63, 3.8) is 0 Å². The molecule has 7 atom stereocenters. The number of β-amino-alcohol motifs (C(OH)–C–C–N with tert-alkyl or cyclic N) is 1. The van der Waals surface area contributed by atoms with E-state index in [1.807, 2.05) is 19.2 Å². The van der Waals surface area contributed by atoms with Gasteiger partial charge in [-0.2, -0.15) is 0 Å². The molecule has 35 heavy (non-hydrogen) atoms. The molecule has 3 saturated heterocycles. The van der Waals surface area contributed by atoms with Gasteiger partial charge in [0.05, 0.1) is 18.7 Å². The van der Waals surface area contributed by atoms with Crippen molar-refractivity contribution < 1.29 is 9.90 Å². The molecule has 4 fully saturated rings. The van der Waals surface area contributed by atoms with Gasteiger partial charge in [0.1, 0.15) is 0 Å². The average molecular weight is 477 g/mol. The van der Waals surface area contributed by atoms with Gasteiger partial charge in [0.2, 0.25) is 0 Å². The number of likely N-dealkylation sites (tertiary alicyclic amines) is 1. The molecule has 1 aliphatic carbocycles. The van der Waals surface area contributed by atoms with E-state index in [9.17, 15) is 9.90 Å². The van der Waals surface area contributed by atoms with E-state index < -0.39 is 0 Å². The highest BCUT2D eigenvalue weighted by molar-refractivity contribution is 5.76. The number of hydrogen-bond acceptors (Lipinski definition) is 6. The second kappa shape index (κ2) is 9.50. The zero-order valence-electron chi connectivity index (χ0n) is 20.3. The summed E-state index contributed by atoms with van der Waals surface area (Å²) in [5.41, 5.74) is 10.7. The lowest BCUT2D eigenvalue weighted by Crippen LogP contribution is -2.63. The number of aliphatic hydroxyl groups excluding tert-OH is 1. The molecule has 1 aromatic heterocycles. The molecule has 4 heterocycles. The second-order valence-corrected chi connectivity index (χ2v) is 10.8. The summed E-state index contributed by atoms with van der Waals surface area (Å²) in [6, 6.07) is 15.8. The molecule has 3 aliphatic heterocycles. The number of hydrazine groups is 1. The third kappa shape index (κ3) is 4.33. The number of urea groups is 1. The Bertz CT molecular complexity index is 1050. The number of rotatable bonds is 5. The molecule has 8 nitrogen and oxygen atoms in total. The van der Waals surface area contributed by atoms with E-state index in [-0.39, 0.29) is 36.7 Å². The minimum absolute atomic E-state index is 0.0637. The lowest BCUT2D eigenvalue weighted by Gasteiger charge is -2.48. The smallest absolute Gasteiger partial charge is 0.317 e. The van der Waals surface area contributed by atoms with Crippen molar-refractivity contribution in [1.82, 2.24) is 31.0 Å². The first-order chi connectivity index (χ1) is 17.1. The van der Waals surface area contributed by atoms with Crippen LogP contribution in [0.1, 0.15) is 41.6 Å². The van der Waals surface area contributed by atoms with Crippen LogP contribution in [0.2, 0.25) is 0 Å². The maximum absolute atomic E-state index is 13.4. The maximum atomic E-state index is 13.4. The Labute approximate surface area is 207 Å². The molecule has 5 unspecified atom stereocenters. The van der Waals surface area contributed by atoms with Crippen molar-refractivity contribution in [2.24, 2.45) is 11.8 Å².